The summed E-state index contributed by atoms with van der Waals surface area (Å²) in [4.78, 5) is 0. The quantitative estimate of drug-likeness (QED) is 0.709. The van der Waals surface area contributed by atoms with Gasteiger partial charge in [0.1, 0.15) is 11.9 Å². The van der Waals surface area contributed by atoms with Crippen molar-refractivity contribution in [3.8, 4) is 0 Å². The molecule has 0 aromatic rings. The van der Waals surface area contributed by atoms with E-state index in [1.54, 1.807) is 0 Å². The Morgan fingerprint density at radius 2 is 2.15 bits per heavy atom. The molecular formula is C11H18O2. The Hall–Kier alpha value is -0.500. The van der Waals surface area contributed by atoms with E-state index in [0.29, 0.717) is 0 Å². The third kappa shape index (κ3) is 1.60. The van der Waals surface area contributed by atoms with Gasteiger partial charge in [0.2, 0.25) is 0 Å². The highest BCUT2D eigenvalue weighted by atomic mass is 16.5. The summed E-state index contributed by atoms with van der Waals surface area (Å²) >= 11 is 0. The molecule has 0 radical (unpaired) electrons. The summed E-state index contributed by atoms with van der Waals surface area (Å²) in [6.07, 6.45) is 7.40. The van der Waals surface area contributed by atoms with E-state index in [1.807, 2.05) is 6.08 Å². The van der Waals surface area contributed by atoms with Crippen LogP contribution in [0.5, 0.6) is 0 Å². The highest BCUT2D eigenvalue weighted by molar-refractivity contribution is 5.09. The molecule has 0 aromatic heterocycles. The number of hydrogen-bond acceptors (Lipinski definition) is 2. The van der Waals surface area contributed by atoms with Crippen molar-refractivity contribution < 1.29 is 9.84 Å². The number of aliphatic hydroxyl groups excluding tert-OH is 1. The number of hydrogen-bond donors (Lipinski definition) is 1. The molecule has 2 rings (SSSR count). The zero-order valence-electron chi connectivity index (χ0n) is 8.25. The number of rotatable bonds is 2. The SMILES string of the molecule is CC1(C(O)C2=CCCO2)CCCC1. The van der Waals surface area contributed by atoms with Crippen molar-refractivity contribution in [3.05, 3.63) is 11.8 Å². The van der Waals surface area contributed by atoms with E-state index < -0.39 is 0 Å². The first-order valence-corrected chi connectivity index (χ1v) is 5.23. The van der Waals surface area contributed by atoms with E-state index in [4.69, 9.17) is 4.74 Å². The Bertz CT molecular complexity index is 214. The van der Waals surface area contributed by atoms with Crippen molar-refractivity contribution >= 4 is 0 Å². The first-order valence-electron chi connectivity index (χ1n) is 5.23. The molecule has 1 unspecified atom stereocenters. The maximum Gasteiger partial charge on any atom is 0.121 e. The normalized spacial score (nSPS) is 28.3. The Morgan fingerprint density at radius 3 is 2.69 bits per heavy atom. The monoisotopic (exact) mass is 182 g/mol. The molecule has 0 saturated heterocycles. The molecular weight excluding hydrogens is 164 g/mol. The van der Waals surface area contributed by atoms with Crippen LogP contribution < -0.4 is 0 Å². The molecule has 0 spiro atoms. The van der Waals surface area contributed by atoms with Crippen LogP contribution in [0.2, 0.25) is 0 Å². The molecule has 1 aliphatic heterocycles. The van der Waals surface area contributed by atoms with Crippen molar-refractivity contribution in [2.75, 3.05) is 6.61 Å². The Labute approximate surface area is 79.6 Å². The average molecular weight is 182 g/mol. The smallest absolute Gasteiger partial charge is 0.121 e. The van der Waals surface area contributed by atoms with Gasteiger partial charge < -0.3 is 9.84 Å². The molecule has 1 atom stereocenters. The first kappa shape index (κ1) is 9.07. The second kappa shape index (κ2) is 3.33. The third-order valence-corrected chi connectivity index (χ3v) is 3.41. The Balaban J connectivity index is 2.06. The number of aliphatic hydroxyl groups is 1. The predicted molar refractivity (Wildman–Crippen MR) is 51.2 cm³/mol. The van der Waals surface area contributed by atoms with Gasteiger partial charge in [-0.15, -0.1) is 0 Å². The van der Waals surface area contributed by atoms with Gasteiger partial charge in [-0.25, -0.2) is 0 Å². The minimum Gasteiger partial charge on any atom is -0.495 e. The molecule has 13 heavy (non-hydrogen) atoms. The lowest BCUT2D eigenvalue weighted by Crippen LogP contribution is -2.31. The fraction of sp³-hybridized carbons (Fsp3) is 0.818. The molecule has 1 N–H and O–H groups in total. The predicted octanol–water partition coefficient (Wildman–Crippen LogP) is 2.23. The lowest BCUT2D eigenvalue weighted by molar-refractivity contribution is 0.0246. The maximum absolute atomic E-state index is 10.1. The van der Waals surface area contributed by atoms with E-state index in [2.05, 4.69) is 6.92 Å². The summed E-state index contributed by atoms with van der Waals surface area (Å²) in [6, 6.07) is 0. The summed E-state index contributed by atoms with van der Waals surface area (Å²) in [5.74, 6) is 0.824. The standard InChI is InChI=1S/C11H18O2/c1-11(6-2-3-7-11)10(12)9-5-4-8-13-9/h5,10,12H,2-4,6-8H2,1H3. The van der Waals surface area contributed by atoms with E-state index in [-0.39, 0.29) is 11.5 Å². The Morgan fingerprint density at radius 1 is 1.46 bits per heavy atom. The van der Waals surface area contributed by atoms with Crippen LogP contribution in [0.1, 0.15) is 39.0 Å². The van der Waals surface area contributed by atoms with Gasteiger partial charge >= 0.3 is 0 Å². The molecule has 1 saturated carbocycles. The lowest BCUT2D eigenvalue weighted by atomic mass is 9.81. The summed E-state index contributed by atoms with van der Waals surface area (Å²) in [5.41, 5.74) is 0.0795. The van der Waals surface area contributed by atoms with E-state index in [9.17, 15) is 5.11 Å². The zero-order valence-corrected chi connectivity index (χ0v) is 8.25. The van der Waals surface area contributed by atoms with Crippen LogP contribution in [0.25, 0.3) is 0 Å². The Kier molecular flexibility index (Phi) is 2.33. The van der Waals surface area contributed by atoms with Crippen LogP contribution in [-0.2, 0) is 4.74 Å². The third-order valence-electron chi connectivity index (χ3n) is 3.41. The second-order valence-electron chi connectivity index (χ2n) is 4.51. The van der Waals surface area contributed by atoms with Gasteiger partial charge in [-0.2, -0.15) is 0 Å². The van der Waals surface area contributed by atoms with Crippen LogP contribution in [0.3, 0.4) is 0 Å². The molecule has 74 valence electrons. The van der Waals surface area contributed by atoms with Crippen LogP contribution >= 0.6 is 0 Å². The maximum atomic E-state index is 10.1. The van der Waals surface area contributed by atoms with Gasteiger partial charge in [-0.1, -0.05) is 19.8 Å². The van der Waals surface area contributed by atoms with Crippen molar-refractivity contribution in [1.29, 1.82) is 0 Å². The van der Waals surface area contributed by atoms with Gasteiger partial charge in [0.25, 0.3) is 0 Å². The summed E-state index contributed by atoms with van der Waals surface area (Å²) < 4.78 is 5.40. The minimum absolute atomic E-state index is 0.0795. The summed E-state index contributed by atoms with van der Waals surface area (Å²) in [6.45, 7) is 2.93. The van der Waals surface area contributed by atoms with Gasteiger partial charge in [-0.05, 0) is 18.9 Å². The molecule has 0 bridgehead atoms. The van der Waals surface area contributed by atoms with E-state index in [1.165, 1.54) is 12.8 Å². The first-order chi connectivity index (χ1) is 6.22. The molecule has 2 nitrogen and oxygen atoms in total. The lowest BCUT2D eigenvalue weighted by Gasteiger charge is -2.30. The highest BCUT2D eigenvalue weighted by Crippen LogP contribution is 2.43. The van der Waals surface area contributed by atoms with Gasteiger partial charge in [-0.3, -0.25) is 0 Å². The average Bonchev–Trinajstić information content (AvgIpc) is 2.73. The molecule has 1 fully saturated rings. The van der Waals surface area contributed by atoms with Crippen molar-refractivity contribution in [3.63, 3.8) is 0 Å². The van der Waals surface area contributed by atoms with Gasteiger partial charge in [0.15, 0.2) is 0 Å². The van der Waals surface area contributed by atoms with Crippen LogP contribution in [0.15, 0.2) is 11.8 Å². The van der Waals surface area contributed by atoms with Crippen molar-refractivity contribution in [2.45, 2.75) is 45.1 Å². The van der Waals surface area contributed by atoms with E-state index >= 15 is 0 Å². The van der Waals surface area contributed by atoms with Crippen LogP contribution in [0.4, 0.5) is 0 Å². The van der Waals surface area contributed by atoms with Crippen LogP contribution in [-0.4, -0.2) is 17.8 Å². The summed E-state index contributed by atoms with van der Waals surface area (Å²) in [7, 11) is 0. The molecule has 2 aliphatic rings. The molecule has 2 heteroatoms. The van der Waals surface area contributed by atoms with Gasteiger partial charge in [0, 0.05) is 11.8 Å². The second-order valence-corrected chi connectivity index (χ2v) is 4.51. The number of ether oxygens (including phenoxy) is 1. The molecule has 1 aliphatic carbocycles. The topological polar surface area (TPSA) is 29.5 Å². The fourth-order valence-electron chi connectivity index (χ4n) is 2.43. The largest absolute Gasteiger partial charge is 0.495 e. The molecule has 0 aromatic carbocycles. The van der Waals surface area contributed by atoms with Crippen LogP contribution in [0, 0.1) is 5.41 Å². The summed E-state index contributed by atoms with van der Waals surface area (Å²) in [5, 5.41) is 10.1. The molecule has 1 heterocycles. The molecule has 0 amide bonds. The van der Waals surface area contributed by atoms with Crippen molar-refractivity contribution in [2.24, 2.45) is 5.41 Å². The highest BCUT2D eigenvalue weighted by Gasteiger charge is 2.39. The fourth-order valence-corrected chi connectivity index (χ4v) is 2.43. The zero-order chi connectivity index (χ0) is 9.31. The minimum atomic E-state index is -0.363. The van der Waals surface area contributed by atoms with Gasteiger partial charge in [0.05, 0.1) is 6.61 Å². The van der Waals surface area contributed by atoms with E-state index in [0.717, 1.165) is 31.6 Å². The van der Waals surface area contributed by atoms with Crippen molar-refractivity contribution in [1.82, 2.24) is 0 Å².